The molecule has 0 spiro atoms. The van der Waals surface area contributed by atoms with Gasteiger partial charge in [0.2, 0.25) is 0 Å². The molecule has 0 amide bonds. The molecule has 1 fully saturated rings. The Bertz CT molecular complexity index is 502. The quantitative estimate of drug-likeness (QED) is 0.658. The molecule has 0 aliphatic heterocycles. The largest absolute Gasteiger partial charge is 0.276 e. The fourth-order valence-electron chi connectivity index (χ4n) is 1.56. The number of rotatable bonds is 4. The lowest BCUT2D eigenvalue weighted by molar-refractivity contribution is 0.419. The highest BCUT2D eigenvalue weighted by molar-refractivity contribution is 7.89. The minimum absolute atomic E-state index is 0.244. The molecule has 2 rings (SSSR count). The van der Waals surface area contributed by atoms with E-state index in [1.807, 2.05) is 6.92 Å². The first-order chi connectivity index (χ1) is 8.08. The molecule has 1 saturated carbocycles. The van der Waals surface area contributed by atoms with Crippen molar-refractivity contribution in [2.24, 2.45) is 11.0 Å². The molecule has 0 bridgehead atoms. The van der Waals surface area contributed by atoms with Crippen LogP contribution in [0.25, 0.3) is 0 Å². The van der Waals surface area contributed by atoms with Crippen molar-refractivity contribution in [2.75, 3.05) is 0 Å². The van der Waals surface area contributed by atoms with Crippen LogP contribution in [0.3, 0.4) is 0 Å². The van der Waals surface area contributed by atoms with E-state index in [2.05, 4.69) is 9.93 Å². The molecule has 1 aromatic carbocycles. The van der Waals surface area contributed by atoms with Crippen molar-refractivity contribution in [3.63, 3.8) is 0 Å². The zero-order valence-corrected chi connectivity index (χ0v) is 10.6. The van der Waals surface area contributed by atoms with Crippen LogP contribution in [0.1, 0.15) is 24.8 Å². The highest BCUT2D eigenvalue weighted by Crippen LogP contribution is 2.23. The van der Waals surface area contributed by atoms with E-state index in [0.29, 0.717) is 5.92 Å². The molecule has 5 heteroatoms. The minimum Gasteiger partial charge on any atom is -0.200 e. The molecule has 1 N–H and O–H groups in total. The molecule has 0 radical (unpaired) electrons. The number of nitrogens with one attached hydrogen (secondary N) is 1. The standard InChI is InChI=1S/C12H16N2O2S/c1-10-5-7-12(8-6-10)17(15,16)14-13-9-11-3-2-4-11/h5-9,11,14H,2-4H2,1H3/b13-9-. The summed E-state index contributed by atoms with van der Waals surface area (Å²) in [6.07, 6.45) is 5.11. The van der Waals surface area contributed by atoms with Crippen LogP contribution in [0.5, 0.6) is 0 Å². The first kappa shape index (κ1) is 12.1. The van der Waals surface area contributed by atoms with Gasteiger partial charge in [0.25, 0.3) is 10.0 Å². The molecule has 1 aliphatic rings. The van der Waals surface area contributed by atoms with Gasteiger partial charge in [0.15, 0.2) is 0 Å². The van der Waals surface area contributed by atoms with Crippen molar-refractivity contribution in [2.45, 2.75) is 31.1 Å². The molecule has 1 aromatic rings. The first-order valence-corrected chi connectivity index (χ1v) is 7.18. The van der Waals surface area contributed by atoms with Gasteiger partial charge in [0.1, 0.15) is 0 Å². The smallest absolute Gasteiger partial charge is 0.200 e. The van der Waals surface area contributed by atoms with Gasteiger partial charge < -0.3 is 0 Å². The lowest BCUT2D eigenvalue weighted by Gasteiger charge is -2.20. The molecule has 0 saturated heterocycles. The summed E-state index contributed by atoms with van der Waals surface area (Å²) in [6.45, 7) is 1.92. The van der Waals surface area contributed by atoms with Crippen LogP contribution in [0.15, 0.2) is 34.3 Å². The Balaban J connectivity index is 2.02. The number of hydrogen-bond acceptors (Lipinski definition) is 3. The molecule has 0 atom stereocenters. The van der Waals surface area contributed by atoms with E-state index in [1.54, 1.807) is 30.5 Å². The summed E-state index contributed by atoms with van der Waals surface area (Å²) in [4.78, 5) is 2.48. The third-order valence-electron chi connectivity index (χ3n) is 2.94. The van der Waals surface area contributed by atoms with Crippen LogP contribution in [-0.2, 0) is 10.0 Å². The number of nitrogens with zero attached hydrogens (tertiary/aromatic N) is 1. The third-order valence-corrected chi connectivity index (χ3v) is 4.18. The number of aryl methyl sites for hydroxylation is 1. The summed E-state index contributed by atoms with van der Waals surface area (Å²) in [7, 11) is -3.50. The Morgan fingerprint density at radius 3 is 2.47 bits per heavy atom. The molecule has 0 unspecified atom stereocenters. The van der Waals surface area contributed by atoms with Crippen molar-refractivity contribution >= 4 is 16.2 Å². The topological polar surface area (TPSA) is 58.5 Å². The van der Waals surface area contributed by atoms with E-state index in [4.69, 9.17) is 0 Å². The highest BCUT2D eigenvalue weighted by atomic mass is 32.2. The molecule has 4 nitrogen and oxygen atoms in total. The van der Waals surface area contributed by atoms with Crippen molar-refractivity contribution in [1.29, 1.82) is 0 Å². The van der Waals surface area contributed by atoms with Crippen molar-refractivity contribution < 1.29 is 8.42 Å². The zero-order valence-electron chi connectivity index (χ0n) is 9.76. The molecule has 92 valence electrons. The van der Waals surface area contributed by atoms with Crippen molar-refractivity contribution in [1.82, 2.24) is 4.83 Å². The lowest BCUT2D eigenvalue weighted by Crippen LogP contribution is -2.20. The van der Waals surface area contributed by atoms with Gasteiger partial charge in [-0.05, 0) is 37.8 Å². The Labute approximate surface area is 102 Å². The summed E-state index contributed by atoms with van der Waals surface area (Å²) in [5, 5.41) is 3.80. The van der Waals surface area contributed by atoms with E-state index < -0.39 is 10.0 Å². The number of benzene rings is 1. The van der Waals surface area contributed by atoms with Crippen LogP contribution in [0.2, 0.25) is 0 Å². The molecular formula is C12H16N2O2S. The van der Waals surface area contributed by atoms with Gasteiger partial charge >= 0.3 is 0 Å². The van der Waals surface area contributed by atoms with E-state index in [1.165, 1.54) is 6.42 Å². The fourth-order valence-corrected chi connectivity index (χ4v) is 2.36. The van der Waals surface area contributed by atoms with Gasteiger partial charge in [0.05, 0.1) is 4.90 Å². The molecule has 1 aliphatic carbocycles. The predicted molar refractivity (Wildman–Crippen MR) is 67.3 cm³/mol. The monoisotopic (exact) mass is 252 g/mol. The summed E-state index contributed by atoms with van der Waals surface area (Å²) in [5.41, 5.74) is 1.03. The Morgan fingerprint density at radius 1 is 1.29 bits per heavy atom. The van der Waals surface area contributed by atoms with E-state index in [9.17, 15) is 8.42 Å². The van der Waals surface area contributed by atoms with E-state index >= 15 is 0 Å². The number of sulfonamides is 1. The maximum absolute atomic E-state index is 11.8. The SMILES string of the molecule is Cc1ccc(S(=O)(=O)N/N=C\C2CCC2)cc1. The minimum atomic E-state index is -3.50. The average molecular weight is 252 g/mol. The maximum atomic E-state index is 11.8. The Hall–Kier alpha value is -1.36. The van der Waals surface area contributed by atoms with Gasteiger partial charge in [-0.3, -0.25) is 0 Å². The van der Waals surface area contributed by atoms with Crippen LogP contribution in [0.4, 0.5) is 0 Å². The predicted octanol–water partition coefficient (Wildman–Crippen LogP) is 2.06. The number of hydrogen-bond donors (Lipinski definition) is 1. The number of hydrazone groups is 1. The highest BCUT2D eigenvalue weighted by Gasteiger charge is 2.16. The van der Waals surface area contributed by atoms with Gasteiger partial charge in [0, 0.05) is 6.21 Å². The van der Waals surface area contributed by atoms with Crippen molar-refractivity contribution in [3.8, 4) is 0 Å². The fraction of sp³-hybridized carbons (Fsp3) is 0.417. The average Bonchev–Trinajstić information content (AvgIpc) is 2.22. The normalized spacial score (nSPS) is 17.0. The maximum Gasteiger partial charge on any atom is 0.276 e. The molecule has 17 heavy (non-hydrogen) atoms. The molecular weight excluding hydrogens is 236 g/mol. The van der Waals surface area contributed by atoms with Gasteiger partial charge in [-0.2, -0.15) is 13.5 Å². The third kappa shape index (κ3) is 3.06. The Kier molecular flexibility index (Phi) is 3.47. The van der Waals surface area contributed by atoms with Crippen LogP contribution in [0, 0.1) is 12.8 Å². The van der Waals surface area contributed by atoms with Crippen LogP contribution < -0.4 is 4.83 Å². The van der Waals surface area contributed by atoms with Gasteiger partial charge in [-0.15, -0.1) is 0 Å². The lowest BCUT2D eigenvalue weighted by atomic mass is 9.87. The van der Waals surface area contributed by atoms with Crippen molar-refractivity contribution in [3.05, 3.63) is 29.8 Å². The summed E-state index contributed by atoms with van der Waals surface area (Å²) in [5.74, 6) is 0.440. The first-order valence-electron chi connectivity index (χ1n) is 5.69. The van der Waals surface area contributed by atoms with Gasteiger partial charge in [-0.1, -0.05) is 24.1 Å². The van der Waals surface area contributed by atoms with E-state index in [-0.39, 0.29) is 4.90 Å². The van der Waals surface area contributed by atoms with Gasteiger partial charge in [-0.25, -0.2) is 4.83 Å². The molecule has 0 heterocycles. The molecule has 0 aromatic heterocycles. The van der Waals surface area contributed by atoms with Crippen LogP contribution in [-0.4, -0.2) is 14.6 Å². The summed E-state index contributed by atoms with van der Waals surface area (Å²) < 4.78 is 23.6. The second-order valence-corrected chi connectivity index (χ2v) is 6.04. The summed E-state index contributed by atoms with van der Waals surface area (Å²) in [6, 6.07) is 6.70. The second-order valence-electron chi connectivity index (χ2n) is 4.38. The summed E-state index contributed by atoms with van der Waals surface area (Å²) >= 11 is 0. The second kappa shape index (κ2) is 4.87. The van der Waals surface area contributed by atoms with E-state index in [0.717, 1.165) is 18.4 Å². The van der Waals surface area contributed by atoms with Crippen LogP contribution >= 0.6 is 0 Å². The zero-order chi connectivity index (χ0) is 12.3. The Morgan fingerprint density at radius 2 is 1.94 bits per heavy atom.